The molecule has 154 valence electrons. The first-order chi connectivity index (χ1) is 15.1. The molecule has 31 heavy (non-hydrogen) atoms. The van der Waals surface area contributed by atoms with E-state index in [1.54, 1.807) is 19.1 Å². The number of hydrogen-bond acceptors (Lipinski definition) is 3. The fraction of sp³-hybridized carbons (Fsp3) is 0.0769. The minimum Gasteiger partial charge on any atom is -0.399 e. The Morgan fingerprint density at radius 2 is 1.16 bits per heavy atom. The molecular weight excluding hydrogens is 402 g/mol. The van der Waals surface area contributed by atoms with Gasteiger partial charge in [0.05, 0.1) is 17.1 Å². The largest absolute Gasteiger partial charge is 0.399 e. The minimum absolute atomic E-state index is 0.125. The molecule has 0 spiro atoms. The van der Waals surface area contributed by atoms with E-state index in [2.05, 4.69) is 36.4 Å². The molecule has 0 heterocycles. The molecule has 0 aliphatic heterocycles. The lowest BCUT2D eigenvalue weighted by Crippen LogP contribution is -2.69. The summed E-state index contributed by atoms with van der Waals surface area (Å²) < 4.78 is 6.85. The highest BCUT2D eigenvalue weighted by atomic mass is 28.4. The topological polar surface area (TPSA) is 52.4 Å². The molecule has 4 aromatic carbocycles. The molecule has 0 bridgehead atoms. The second-order valence-corrected chi connectivity index (χ2v) is 10.8. The first-order valence-corrected chi connectivity index (χ1v) is 12.1. The van der Waals surface area contributed by atoms with Gasteiger partial charge in [-0.3, -0.25) is 10.1 Å². The molecule has 0 radical (unpaired) electrons. The Balaban J connectivity index is 1.90. The van der Waals surface area contributed by atoms with Crippen LogP contribution >= 0.6 is 0 Å². The molecular formula is C26H23NO3Si. The second kappa shape index (κ2) is 9.08. The lowest BCUT2D eigenvalue weighted by molar-refractivity contribution is -0.386. The van der Waals surface area contributed by atoms with Crippen LogP contribution in [0.2, 0.25) is 0 Å². The number of aryl methyl sites for hydroxylation is 1. The molecule has 4 rings (SSSR count). The molecule has 0 aliphatic rings. The third-order valence-electron chi connectivity index (χ3n) is 5.49. The van der Waals surface area contributed by atoms with Gasteiger partial charge in [0, 0.05) is 5.56 Å². The summed E-state index contributed by atoms with van der Waals surface area (Å²) in [7, 11) is -2.90. The molecule has 0 aromatic heterocycles. The van der Waals surface area contributed by atoms with Gasteiger partial charge in [0.1, 0.15) is 0 Å². The van der Waals surface area contributed by atoms with Crippen molar-refractivity contribution < 1.29 is 9.35 Å². The third-order valence-corrected chi connectivity index (χ3v) is 9.51. The lowest BCUT2D eigenvalue weighted by Gasteiger charge is -2.33. The van der Waals surface area contributed by atoms with Crippen LogP contribution in [0.15, 0.2) is 109 Å². The molecule has 0 unspecified atom stereocenters. The van der Waals surface area contributed by atoms with Gasteiger partial charge in [-0.2, -0.15) is 0 Å². The van der Waals surface area contributed by atoms with Gasteiger partial charge in [0.15, 0.2) is 0 Å². The van der Waals surface area contributed by atoms with Crippen LogP contribution in [0.25, 0.3) is 0 Å². The van der Waals surface area contributed by atoms with Crippen molar-refractivity contribution in [2.45, 2.75) is 13.5 Å². The lowest BCUT2D eigenvalue weighted by atomic mass is 10.1. The quantitative estimate of drug-likeness (QED) is 0.194. The summed E-state index contributed by atoms with van der Waals surface area (Å²) in [6.45, 7) is 1.92. The maximum absolute atomic E-state index is 11.7. The summed E-state index contributed by atoms with van der Waals surface area (Å²) in [5.41, 5.74) is 1.35. The van der Waals surface area contributed by atoms with Crippen molar-refractivity contribution in [1.29, 1.82) is 0 Å². The Kier molecular flexibility index (Phi) is 6.07. The SMILES string of the molecule is Cc1cccc(CO[Si](c2ccccc2)(c2ccccc2)c2ccccc2)c1[N+](=O)[O-]. The number of hydrogen-bond donors (Lipinski definition) is 0. The highest BCUT2D eigenvalue weighted by Gasteiger charge is 2.42. The maximum atomic E-state index is 11.7. The molecule has 0 atom stereocenters. The number of nitro groups is 1. The molecule has 4 aromatic rings. The highest BCUT2D eigenvalue weighted by Crippen LogP contribution is 2.25. The summed E-state index contributed by atoms with van der Waals surface area (Å²) >= 11 is 0. The molecule has 4 nitrogen and oxygen atoms in total. The summed E-state index contributed by atoms with van der Waals surface area (Å²) in [4.78, 5) is 11.4. The summed E-state index contributed by atoms with van der Waals surface area (Å²) in [6, 6.07) is 36.0. The van der Waals surface area contributed by atoms with E-state index in [1.807, 2.05) is 60.7 Å². The van der Waals surface area contributed by atoms with Gasteiger partial charge in [0.2, 0.25) is 0 Å². The van der Waals surface area contributed by atoms with Crippen molar-refractivity contribution in [2.24, 2.45) is 0 Å². The van der Waals surface area contributed by atoms with E-state index in [4.69, 9.17) is 4.43 Å². The van der Waals surface area contributed by atoms with E-state index < -0.39 is 8.32 Å². The van der Waals surface area contributed by atoms with Gasteiger partial charge in [-0.1, -0.05) is 103 Å². The van der Waals surface area contributed by atoms with Crippen molar-refractivity contribution in [1.82, 2.24) is 0 Å². The Bertz CT molecular complexity index is 1070. The number of para-hydroxylation sites is 1. The summed E-state index contributed by atoms with van der Waals surface area (Å²) in [5, 5.41) is 15.0. The van der Waals surface area contributed by atoms with Gasteiger partial charge < -0.3 is 4.43 Å². The van der Waals surface area contributed by atoms with Crippen molar-refractivity contribution >= 4 is 29.6 Å². The van der Waals surface area contributed by atoms with E-state index in [-0.39, 0.29) is 17.2 Å². The van der Waals surface area contributed by atoms with Crippen molar-refractivity contribution in [3.05, 3.63) is 130 Å². The average Bonchev–Trinajstić information content (AvgIpc) is 2.81. The molecule has 0 saturated heterocycles. The number of rotatable bonds is 7. The van der Waals surface area contributed by atoms with Crippen LogP contribution in [0.3, 0.4) is 0 Å². The third kappa shape index (κ3) is 4.06. The van der Waals surface area contributed by atoms with E-state index in [1.165, 1.54) is 0 Å². The zero-order valence-corrected chi connectivity index (χ0v) is 18.3. The fourth-order valence-electron chi connectivity index (χ4n) is 4.05. The summed E-state index contributed by atoms with van der Waals surface area (Å²) in [6.07, 6.45) is 0. The monoisotopic (exact) mass is 425 g/mol. The van der Waals surface area contributed by atoms with Crippen LogP contribution in [0.4, 0.5) is 5.69 Å². The van der Waals surface area contributed by atoms with E-state index >= 15 is 0 Å². The minimum atomic E-state index is -2.90. The predicted octanol–water partition coefficient (Wildman–Crippen LogP) is 4.09. The molecule has 5 heteroatoms. The van der Waals surface area contributed by atoms with Crippen LogP contribution < -0.4 is 15.6 Å². The van der Waals surface area contributed by atoms with Gasteiger partial charge >= 0.3 is 0 Å². The summed E-state index contributed by atoms with van der Waals surface area (Å²) in [5.74, 6) is 0. The molecule has 0 N–H and O–H groups in total. The fourth-order valence-corrected chi connectivity index (χ4v) is 7.91. The zero-order chi connectivity index (χ0) is 21.7. The van der Waals surface area contributed by atoms with Crippen LogP contribution in [0, 0.1) is 17.0 Å². The van der Waals surface area contributed by atoms with Crippen LogP contribution in [-0.2, 0) is 11.0 Å². The standard InChI is InChI=1S/C26H23NO3Si/c1-21-12-11-13-22(26(21)27(28)29)20-30-31(23-14-5-2-6-15-23,24-16-7-3-8-17-24)25-18-9-4-10-19-25/h2-19H,20H2,1H3. The maximum Gasteiger partial charge on any atom is 0.288 e. The smallest absolute Gasteiger partial charge is 0.288 e. The van der Waals surface area contributed by atoms with Gasteiger partial charge in [-0.25, -0.2) is 0 Å². The van der Waals surface area contributed by atoms with Crippen molar-refractivity contribution in [3.8, 4) is 0 Å². The second-order valence-electron chi connectivity index (χ2n) is 7.41. The van der Waals surface area contributed by atoms with Crippen LogP contribution in [-0.4, -0.2) is 13.2 Å². The zero-order valence-electron chi connectivity index (χ0n) is 17.3. The number of nitrogens with zero attached hydrogens (tertiary/aromatic N) is 1. The Morgan fingerprint density at radius 1 is 0.710 bits per heavy atom. The molecule has 0 amide bonds. The highest BCUT2D eigenvalue weighted by molar-refractivity contribution is 7.07. The average molecular weight is 426 g/mol. The Hall–Kier alpha value is -3.54. The Labute approximate surface area is 183 Å². The predicted molar refractivity (Wildman–Crippen MR) is 127 cm³/mol. The molecule has 0 fully saturated rings. The molecule has 0 saturated carbocycles. The number of nitro benzene ring substituents is 1. The van der Waals surface area contributed by atoms with Crippen LogP contribution in [0.1, 0.15) is 11.1 Å². The van der Waals surface area contributed by atoms with E-state index in [9.17, 15) is 10.1 Å². The van der Waals surface area contributed by atoms with Crippen molar-refractivity contribution in [3.63, 3.8) is 0 Å². The Morgan fingerprint density at radius 3 is 1.58 bits per heavy atom. The van der Waals surface area contributed by atoms with E-state index in [0.29, 0.717) is 11.1 Å². The normalized spacial score (nSPS) is 11.3. The van der Waals surface area contributed by atoms with Crippen LogP contribution in [0.5, 0.6) is 0 Å². The van der Waals surface area contributed by atoms with Gasteiger partial charge in [0.25, 0.3) is 14.0 Å². The van der Waals surface area contributed by atoms with Crippen molar-refractivity contribution in [2.75, 3.05) is 0 Å². The first kappa shape index (κ1) is 20.7. The number of benzene rings is 4. The van der Waals surface area contributed by atoms with E-state index in [0.717, 1.165) is 15.6 Å². The van der Waals surface area contributed by atoms with Gasteiger partial charge in [-0.15, -0.1) is 0 Å². The first-order valence-electron chi connectivity index (χ1n) is 10.2. The van der Waals surface area contributed by atoms with Gasteiger partial charge in [-0.05, 0) is 28.6 Å². The molecule has 0 aliphatic carbocycles.